The number of fused-ring (bicyclic) bond motifs is 2. The van der Waals surface area contributed by atoms with Crippen LogP contribution >= 0.6 is 0 Å². The highest BCUT2D eigenvalue weighted by Gasteiger charge is 2.46. The fourth-order valence-electron chi connectivity index (χ4n) is 5.56. The first-order valence-corrected chi connectivity index (χ1v) is 12.5. The van der Waals surface area contributed by atoms with Crippen molar-refractivity contribution in [3.05, 3.63) is 46.4 Å². The van der Waals surface area contributed by atoms with Crippen molar-refractivity contribution in [2.45, 2.75) is 64.6 Å². The predicted octanol–water partition coefficient (Wildman–Crippen LogP) is 4.02. The van der Waals surface area contributed by atoms with E-state index in [0.29, 0.717) is 29.7 Å². The summed E-state index contributed by atoms with van der Waals surface area (Å²) in [6.45, 7) is 7.58. The van der Waals surface area contributed by atoms with Gasteiger partial charge in [0.25, 0.3) is 5.56 Å². The second-order valence-corrected chi connectivity index (χ2v) is 9.64. The van der Waals surface area contributed by atoms with Crippen LogP contribution in [0, 0.1) is 11.3 Å². The maximum Gasteiger partial charge on any atom is 0.586 e. The number of halogens is 2. The Morgan fingerprint density at radius 2 is 1.97 bits per heavy atom. The Morgan fingerprint density at radius 3 is 2.68 bits per heavy atom. The second kappa shape index (κ2) is 9.34. The molecule has 1 aromatic carbocycles. The number of pyridine rings is 1. The summed E-state index contributed by atoms with van der Waals surface area (Å²) in [5.41, 5.74) is 2.62. The Balaban J connectivity index is 1.51. The molecule has 37 heavy (non-hydrogen) atoms. The van der Waals surface area contributed by atoms with Crippen LogP contribution < -0.4 is 19.9 Å². The van der Waals surface area contributed by atoms with Gasteiger partial charge in [0.1, 0.15) is 12.1 Å². The van der Waals surface area contributed by atoms with E-state index >= 15 is 0 Å². The number of para-hydroxylation sites is 1. The number of nitrogens with zero attached hydrogens (tertiary/aromatic N) is 6. The number of alkyl halides is 2. The average molecular weight is 513 g/mol. The lowest BCUT2D eigenvalue weighted by Gasteiger charge is -2.49. The van der Waals surface area contributed by atoms with E-state index in [-0.39, 0.29) is 41.7 Å². The number of aryl methyl sites for hydroxylation is 1. The summed E-state index contributed by atoms with van der Waals surface area (Å²) in [7, 11) is 1.70. The molecule has 9 nitrogen and oxygen atoms in total. The molecule has 2 aliphatic rings. The molecule has 0 aliphatic carbocycles. The number of anilines is 1. The zero-order valence-electron chi connectivity index (χ0n) is 21.3. The monoisotopic (exact) mass is 512 g/mol. The van der Waals surface area contributed by atoms with Crippen molar-refractivity contribution in [1.29, 1.82) is 5.26 Å². The van der Waals surface area contributed by atoms with E-state index in [2.05, 4.69) is 39.6 Å². The third kappa shape index (κ3) is 4.29. The van der Waals surface area contributed by atoms with Crippen molar-refractivity contribution in [3.8, 4) is 17.6 Å². The maximum atomic E-state index is 13.8. The van der Waals surface area contributed by atoms with Gasteiger partial charge >= 0.3 is 6.29 Å². The highest BCUT2D eigenvalue weighted by atomic mass is 19.3. The number of hydrogen-bond acceptors (Lipinski definition) is 7. The Bertz CT molecular complexity index is 1430. The van der Waals surface area contributed by atoms with Crippen LogP contribution in [0.15, 0.2) is 35.3 Å². The molecule has 196 valence electrons. The molecule has 0 radical (unpaired) electrons. The summed E-state index contributed by atoms with van der Waals surface area (Å²) in [4.78, 5) is 17.4. The molecule has 2 aromatic heterocycles. The van der Waals surface area contributed by atoms with Gasteiger partial charge in [-0.3, -0.25) is 14.4 Å². The third-order valence-corrected chi connectivity index (χ3v) is 7.57. The topological polar surface area (TPSA) is 88.5 Å². The molecule has 3 atom stereocenters. The van der Waals surface area contributed by atoms with Crippen LogP contribution in [0.3, 0.4) is 0 Å². The molecule has 11 heteroatoms. The van der Waals surface area contributed by atoms with Crippen LogP contribution in [0.2, 0.25) is 0 Å². The largest absolute Gasteiger partial charge is 0.586 e. The quantitative estimate of drug-likeness (QED) is 0.493. The minimum absolute atomic E-state index is 0.0450. The first-order valence-electron chi connectivity index (χ1n) is 12.5. The normalized spacial score (nSPS) is 21.8. The minimum Gasteiger partial charge on any atom is -0.395 e. The lowest BCUT2D eigenvalue weighted by molar-refractivity contribution is -0.287. The van der Waals surface area contributed by atoms with Crippen LogP contribution in [0.1, 0.15) is 45.2 Å². The Morgan fingerprint density at radius 1 is 1.22 bits per heavy atom. The summed E-state index contributed by atoms with van der Waals surface area (Å²) >= 11 is 0. The summed E-state index contributed by atoms with van der Waals surface area (Å²) in [6, 6.07) is 8.65. The van der Waals surface area contributed by atoms with E-state index < -0.39 is 6.29 Å². The van der Waals surface area contributed by atoms with E-state index in [1.807, 2.05) is 6.92 Å². The Kier molecular flexibility index (Phi) is 6.31. The van der Waals surface area contributed by atoms with E-state index in [4.69, 9.17) is 10.00 Å². The number of rotatable bonds is 6. The van der Waals surface area contributed by atoms with Crippen LogP contribution in [0.25, 0.3) is 11.0 Å². The smallest absolute Gasteiger partial charge is 0.395 e. The number of aromatic nitrogens is 3. The zero-order valence-corrected chi connectivity index (χ0v) is 21.3. The molecular weight excluding hydrogens is 482 g/mol. The maximum absolute atomic E-state index is 13.8. The molecule has 1 unspecified atom stereocenters. The Labute approximate surface area is 213 Å². The predicted molar refractivity (Wildman–Crippen MR) is 134 cm³/mol. The van der Waals surface area contributed by atoms with Crippen molar-refractivity contribution in [2.24, 2.45) is 7.05 Å². The molecule has 2 aliphatic heterocycles. The van der Waals surface area contributed by atoms with E-state index in [0.717, 1.165) is 18.5 Å². The molecule has 0 amide bonds. The van der Waals surface area contributed by atoms with Crippen LogP contribution in [-0.2, 0) is 13.6 Å². The van der Waals surface area contributed by atoms with Crippen molar-refractivity contribution < 1.29 is 18.3 Å². The van der Waals surface area contributed by atoms with Gasteiger partial charge in [0.15, 0.2) is 11.5 Å². The number of ether oxygens (including phenoxy) is 2. The van der Waals surface area contributed by atoms with Gasteiger partial charge < -0.3 is 18.9 Å². The molecule has 0 saturated carbocycles. The molecule has 0 spiro atoms. The van der Waals surface area contributed by atoms with Gasteiger partial charge in [0.2, 0.25) is 0 Å². The number of hydrogen-bond donors (Lipinski definition) is 0. The molecule has 3 aromatic rings. The first kappa shape index (κ1) is 25.0. The fourth-order valence-corrected chi connectivity index (χ4v) is 5.56. The summed E-state index contributed by atoms with van der Waals surface area (Å²) in [6.07, 6.45) is -0.322. The van der Waals surface area contributed by atoms with Crippen molar-refractivity contribution in [2.75, 3.05) is 18.0 Å². The summed E-state index contributed by atoms with van der Waals surface area (Å²) < 4.78 is 40.3. The van der Waals surface area contributed by atoms with Crippen LogP contribution in [0.4, 0.5) is 14.5 Å². The van der Waals surface area contributed by atoms with Gasteiger partial charge in [0, 0.05) is 49.9 Å². The van der Waals surface area contributed by atoms with E-state index in [9.17, 15) is 13.6 Å². The molecule has 1 fully saturated rings. The number of piperazine rings is 1. The lowest BCUT2D eigenvalue weighted by atomic mass is 9.96. The molecule has 4 heterocycles. The standard InChI is InChI=1S/C26H30F2N6O3/c1-5-17-14-34(20-12-23(35)31(4)21-15-32(11-10-29)30-24(20)21)18(6-2)13-33(17)16(3)19-8-7-9-22-25(19)37-26(27,28)36-22/h7-9,12,15-18H,5-6,11,13-14H2,1-4H3/t16?,17-,18+/m1/s1. The molecule has 5 rings (SSSR count). The van der Waals surface area contributed by atoms with E-state index in [1.54, 1.807) is 40.7 Å². The third-order valence-electron chi connectivity index (χ3n) is 7.57. The molecule has 1 saturated heterocycles. The number of nitriles is 1. The van der Waals surface area contributed by atoms with Crippen molar-refractivity contribution in [1.82, 2.24) is 19.2 Å². The summed E-state index contributed by atoms with van der Waals surface area (Å²) in [5.74, 6) is 0.130. The van der Waals surface area contributed by atoms with Gasteiger partial charge in [-0.2, -0.15) is 10.4 Å². The highest BCUT2D eigenvalue weighted by molar-refractivity contribution is 5.88. The fraction of sp³-hybridized carbons (Fsp3) is 0.500. The van der Waals surface area contributed by atoms with Gasteiger partial charge in [0.05, 0.1) is 23.5 Å². The van der Waals surface area contributed by atoms with Crippen molar-refractivity contribution >= 4 is 16.7 Å². The second-order valence-electron chi connectivity index (χ2n) is 9.64. The van der Waals surface area contributed by atoms with Gasteiger partial charge in [-0.25, -0.2) is 0 Å². The van der Waals surface area contributed by atoms with Crippen LogP contribution in [0.5, 0.6) is 11.5 Å². The Hall–Kier alpha value is -3.65. The zero-order chi connectivity index (χ0) is 26.5. The molecule has 0 bridgehead atoms. The SMILES string of the molecule is CC[C@H]1CN(C(C)c2cccc3c2OC(F)(F)O3)[C@H](CC)CN1c1cc(=O)n(C)c2cn(CC#N)nc12. The molecular formula is C26H30F2N6O3. The van der Waals surface area contributed by atoms with Crippen molar-refractivity contribution in [3.63, 3.8) is 0 Å². The average Bonchev–Trinajstić information content (AvgIpc) is 3.44. The molecule has 0 N–H and O–H groups in total. The highest BCUT2D eigenvalue weighted by Crippen LogP contribution is 2.47. The summed E-state index contributed by atoms with van der Waals surface area (Å²) in [5, 5.41) is 13.8. The lowest BCUT2D eigenvalue weighted by Crippen LogP contribution is -2.58. The number of benzene rings is 1. The van der Waals surface area contributed by atoms with E-state index in [1.165, 1.54) is 6.07 Å². The first-order chi connectivity index (χ1) is 17.7. The van der Waals surface area contributed by atoms with Gasteiger partial charge in [-0.15, -0.1) is 8.78 Å². The van der Waals surface area contributed by atoms with Crippen LogP contribution in [-0.4, -0.2) is 50.7 Å². The van der Waals surface area contributed by atoms with Gasteiger partial charge in [-0.05, 0) is 25.8 Å². The van der Waals surface area contributed by atoms with Gasteiger partial charge in [-0.1, -0.05) is 26.0 Å². The minimum atomic E-state index is -3.67.